The highest BCUT2D eigenvalue weighted by Crippen LogP contribution is 2.18. The summed E-state index contributed by atoms with van der Waals surface area (Å²) < 4.78 is 11.0. The van der Waals surface area contributed by atoms with Crippen LogP contribution in [0.2, 0.25) is 0 Å². The van der Waals surface area contributed by atoms with Crippen LogP contribution in [0.15, 0.2) is 22.6 Å². The third-order valence-electron chi connectivity index (χ3n) is 1.92. The van der Waals surface area contributed by atoms with E-state index < -0.39 is 0 Å². The number of ether oxygens (including phenoxy) is 1. The van der Waals surface area contributed by atoms with E-state index in [1.807, 2.05) is 18.2 Å². The van der Waals surface area contributed by atoms with E-state index in [1.165, 1.54) is 7.11 Å². The summed E-state index contributed by atoms with van der Waals surface area (Å²) in [5, 5.41) is 0. The lowest BCUT2D eigenvalue weighted by Gasteiger charge is -1.92. The molecule has 0 N–H and O–H groups in total. The van der Waals surface area contributed by atoms with Crippen molar-refractivity contribution in [3.05, 3.63) is 27.7 Å². The molecule has 0 atom stereocenters. The molecule has 0 saturated heterocycles. The molecular formula is C10H8INO3. The van der Waals surface area contributed by atoms with Crippen molar-refractivity contribution in [1.29, 1.82) is 0 Å². The number of oxazole rings is 1. The van der Waals surface area contributed by atoms with Gasteiger partial charge >= 0.3 is 5.97 Å². The fourth-order valence-electron chi connectivity index (χ4n) is 1.22. The van der Waals surface area contributed by atoms with E-state index in [0.29, 0.717) is 11.5 Å². The number of benzene rings is 1. The molecule has 0 aliphatic rings. The van der Waals surface area contributed by atoms with E-state index in [2.05, 4.69) is 32.3 Å². The molecule has 1 aromatic carbocycles. The van der Waals surface area contributed by atoms with Crippen LogP contribution in [0.5, 0.6) is 0 Å². The maximum absolute atomic E-state index is 11.0. The van der Waals surface area contributed by atoms with Gasteiger partial charge in [0, 0.05) is 3.57 Å². The zero-order chi connectivity index (χ0) is 10.8. The van der Waals surface area contributed by atoms with E-state index in [1.54, 1.807) is 0 Å². The smallest absolute Gasteiger partial charge is 0.314 e. The Balaban J connectivity index is 2.34. The maximum Gasteiger partial charge on any atom is 0.314 e. The van der Waals surface area contributed by atoms with Crippen LogP contribution >= 0.6 is 22.6 Å². The Hall–Kier alpha value is -1.11. The Labute approximate surface area is 99.8 Å². The second-order valence-corrected chi connectivity index (χ2v) is 4.22. The third-order valence-corrected chi connectivity index (χ3v) is 2.59. The molecule has 0 spiro atoms. The highest BCUT2D eigenvalue weighted by Gasteiger charge is 2.10. The van der Waals surface area contributed by atoms with Gasteiger partial charge in [0.2, 0.25) is 5.89 Å². The van der Waals surface area contributed by atoms with Gasteiger partial charge in [-0.15, -0.1) is 0 Å². The minimum Gasteiger partial charge on any atom is -0.469 e. The summed E-state index contributed by atoms with van der Waals surface area (Å²) in [5.41, 5.74) is 1.45. The summed E-state index contributed by atoms with van der Waals surface area (Å²) in [5.74, 6) is 0.0371. The molecule has 0 saturated carbocycles. The van der Waals surface area contributed by atoms with Crippen molar-refractivity contribution in [2.75, 3.05) is 7.11 Å². The van der Waals surface area contributed by atoms with Gasteiger partial charge in [0.05, 0.1) is 7.11 Å². The van der Waals surface area contributed by atoms with Gasteiger partial charge in [0.25, 0.3) is 0 Å². The predicted molar refractivity (Wildman–Crippen MR) is 62.4 cm³/mol. The van der Waals surface area contributed by atoms with E-state index in [0.717, 1.165) is 9.09 Å². The average Bonchev–Trinajstić information content (AvgIpc) is 2.59. The second-order valence-electron chi connectivity index (χ2n) is 2.97. The molecule has 0 radical (unpaired) electrons. The summed E-state index contributed by atoms with van der Waals surface area (Å²) in [6.07, 6.45) is 0.0712. The Kier molecular flexibility index (Phi) is 2.90. The number of carbonyl (C=O) groups excluding carboxylic acids is 1. The fourth-order valence-corrected chi connectivity index (χ4v) is 1.69. The van der Waals surface area contributed by atoms with Gasteiger partial charge in [0.15, 0.2) is 5.58 Å². The number of aromatic nitrogens is 1. The van der Waals surface area contributed by atoms with E-state index in [9.17, 15) is 4.79 Å². The molecule has 0 bridgehead atoms. The number of esters is 1. The minimum atomic E-state index is -0.351. The van der Waals surface area contributed by atoms with Crippen LogP contribution in [0.3, 0.4) is 0 Å². The van der Waals surface area contributed by atoms with Gasteiger partial charge in [-0.2, -0.15) is 0 Å². The number of halogens is 1. The first-order valence-electron chi connectivity index (χ1n) is 4.31. The van der Waals surface area contributed by atoms with Crippen LogP contribution in [-0.4, -0.2) is 18.1 Å². The summed E-state index contributed by atoms with van der Waals surface area (Å²) in [6, 6.07) is 5.67. The molecule has 5 heteroatoms. The zero-order valence-corrected chi connectivity index (χ0v) is 10.1. The van der Waals surface area contributed by atoms with Gasteiger partial charge in [-0.1, -0.05) is 0 Å². The molecule has 0 aliphatic carbocycles. The van der Waals surface area contributed by atoms with Gasteiger partial charge < -0.3 is 9.15 Å². The lowest BCUT2D eigenvalue weighted by molar-refractivity contribution is -0.140. The summed E-state index contributed by atoms with van der Waals surface area (Å²) in [4.78, 5) is 15.2. The Morgan fingerprint density at radius 1 is 1.60 bits per heavy atom. The summed E-state index contributed by atoms with van der Waals surface area (Å²) in [6.45, 7) is 0. The number of hydrogen-bond donors (Lipinski definition) is 0. The van der Waals surface area contributed by atoms with Gasteiger partial charge in [-0.3, -0.25) is 4.79 Å². The molecule has 15 heavy (non-hydrogen) atoms. The number of methoxy groups -OCH3 is 1. The highest BCUT2D eigenvalue weighted by atomic mass is 127. The molecule has 1 heterocycles. The molecule has 4 nitrogen and oxygen atoms in total. The van der Waals surface area contributed by atoms with Crippen molar-refractivity contribution in [2.24, 2.45) is 0 Å². The number of hydrogen-bond acceptors (Lipinski definition) is 4. The quantitative estimate of drug-likeness (QED) is 0.629. The Morgan fingerprint density at radius 3 is 3.13 bits per heavy atom. The molecular weight excluding hydrogens is 309 g/mol. The van der Waals surface area contributed by atoms with E-state index in [4.69, 9.17) is 4.42 Å². The van der Waals surface area contributed by atoms with Gasteiger partial charge in [-0.05, 0) is 40.8 Å². The SMILES string of the molecule is COC(=O)Cc1nc2cc(I)ccc2o1. The van der Waals surface area contributed by atoms with E-state index in [-0.39, 0.29) is 12.4 Å². The molecule has 1 aromatic heterocycles. The average molecular weight is 317 g/mol. The number of fused-ring (bicyclic) bond motifs is 1. The molecule has 0 amide bonds. The fraction of sp³-hybridized carbons (Fsp3) is 0.200. The lowest BCUT2D eigenvalue weighted by Crippen LogP contribution is -2.04. The van der Waals surface area contributed by atoms with Crippen molar-refractivity contribution in [1.82, 2.24) is 4.98 Å². The molecule has 2 rings (SSSR count). The third kappa shape index (κ3) is 2.28. The normalized spacial score (nSPS) is 10.5. The monoisotopic (exact) mass is 317 g/mol. The van der Waals surface area contributed by atoms with E-state index >= 15 is 0 Å². The van der Waals surface area contributed by atoms with Crippen molar-refractivity contribution in [3.63, 3.8) is 0 Å². The van der Waals surface area contributed by atoms with Crippen LogP contribution in [0.1, 0.15) is 5.89 Å². The maximum atomic E-state index is 11.0. The summed E-state index contributed by atoms with van der Waals surface area (Å²) in [7, 11) is 1.34. The first-order chi connectivity index (χ1) is 7.19. The highest BCUT2D eigenvalue weighted by molar-refractivity contribution is 14.1. The number of rotatable bonds is 2. The minimum absolute atomic E-state index is 0.0712. The topological polar surface area (TPSA) is 52.3 Å². The molecule has 0 aliphatic heterocycles. The predicted octanol–water partition coefficient (Wildman–Crippen LogP) is 2.15. The first kappa shape index (κ1) is 10.4. The van der Waals surface area contributed by atoms with Crippen LogP contribution in [0, 0.1) is 3.57 Å². The van der Waals surface area contributed by atoms with Crippen molar-refractivity contribution < 1.29 is 13.9 Å². The van der Waals surface area contributed by atoms with Gasteiger partial charge in [-0.25, -0.2) is 4.98 Å². The zero-order valence-electron chi connectivity index (χ0n) is 7.99. The van der Waals surface area contributed by atoms with Crippen molar-refractivity contribution >= 4 is 39.7 Å². The number of carbonyl (C=O) groups is 1. The van der Waals surface area contributed by atoms with Crippen LogP contribution < -0.4 is 0 Å². The molecule has 0 unspecified atom stereocenters. The standard InChI is InChI=1S/C10H8INO3/c1-14-10(13)5-9-12-7-4-6(11)2-3-8(7)15-9/h2-4H,5H2,1H3. The van der Waals surface area contributed by atoms with Crippen LogP contribution in [0.25, 0.3) is 11.1 Å². The van der Waals surface area contributed by atoms with Crippen LogP contribution in [-0.2, 0) is 16.0 Å². The van der Waals surface area contributed by atoms with Crippen molar-refractivity contribution in [3.8, 4) is 0 Å². The Bertz CT molecular complexity index is 506. The Morgan fingerprint density at radius 2 is 2.40 bits per heavy atom. The molecule has 0 fully saturated rings. The van der Waals surface area contributed by atoms with Gasteiger partial charge in [0.1, 0.15) is 11.9 Å². The summed E-state index contributed by atoms with van der Waals surface area (Å²) >= 11 is 2.20. The lowest BCUT2D eigenvalue weighted by atomic mass is 10.3. The molecule has 78 valence electrons. The molecule has 2 aromatic rings. The van der Waals surface area contributed by atoms with Crippen LogP contribution in [0.4, 0.5) is 0 Å². The largest absolute Gasteiger partial charge is 0.469 e. The second kappa shape index (κ2) is 4.18. The first-order valence-corrected chi connectivity index (χ1v) is 5.38. The number of nitrogens with zero attached hydrogens (tertiary/aromatic N) is 1. The van der Waals surface area contributed by atoms with Crippen molar-refractivity contribution in [2.45, 2.75) is 6.42 Å².